The van der Waals surface area contributed by atoms with E-state index < -0.39 is 0 Å². The van der Waals surface area contributed by atoms with Crippen molar-refractivity contribution in [1.82, 2.24) is 0 Å². The number of hydrogen-bond donors (Lipinski definition) is 0. The molecule has 0 amide bonds. The molecule has 0 atom stereocenters. The molecule has 4 aromatic rings. The van der Waals surface area contributed by atoms with Crippen LogP contribution in [-0.4, -0.2) is 13.2 Å². The Bertz CT molecular complexity index is 1450. The van der Waals surface area contributed by atoms with Crippen molar-refractivity contribution in [3.05, 3.63) is 83.7 Å². The van der Waals surface area contributed by atoms with Crippen molar-refractivity contribution in [2.24, 2.45) is 0 Å². The monoisotopic (exact) mass is 552 g/mol. The number of benzene rings is 4. The summed E-state index contributed by atoms with van der Waals surface area (Å²) in [5.41, 5.74) is 1.74. The highest BCUT2D eigenvalue weighted by Crippen LogP contribution is 2.29. The van der Waals surface area contributed by atoms with Gasteiger partial charge in [-0.15, -0.1) is 0 Å². The van der Waals surface area contributed by atoms with Gasteiger partial charge in [-0.25, -0.2) is 4.39 Å². The molecule has 216 valence electrons. The first-order chi connectivity index (χ1) is 20.2. The van der Waals surface area contributed by atoms with Crippen molar-refractivity contribution < 1.29 is 13.9 Å². The average Bonchev–Trinajstić information content (AvgIpc) is 3.00. The third-order valence-corrected chi connectivity index (χ3v) is 7.65. The van der Waals surface area contributed by atoms with Crippen molar-refractivity contribution >= 4 is 21.5 Å². The summed E-state index contributed by atoms with van der Waals surface area (Å²) in [6.45, 7) is 5.70. The van der Waals surface area contributed by atoms with Crippen LogP contribution in [0, 0.1) is 17.7 Å². The van der Waals surface area contributed by atoms with Gasteiger partial charge in [-0.05, 0) is 47.9 Å². The molecule has 4 aromatic carbocycles. The standard InChI is InChI=1S/C38H45FO2/c1-3-5-7-9-11-15-27-40-36-25-21-31-17-13-14-18-33(31)35(36)24-20-30-19-23-34-32(29-30)22-26-37(38(34)39)41-28-16-12-10-8-6-4-2/h13-14,17-19,21-23,25-26,29H,3-12,15-16,27-28H2,1-2H3. The fourth-order valence-electron chi connectivity index (χ4n) is 5.23. The first-order valence-electron chi connectivity index (χ1n) is 15.7. The van der Waals surface area contributed by atoms with Crippen LogP contribution in [0.5, 0.6) is 11.5 Å². The van der Waals surface area contributed by atoms with Crippen LogP contribution in [0.4, 0.5) is 4.39 Å². The summed E-state index contributed by atoms with van der Waals surface area (Å²) in [5.74, 6) is 7.57. The van der Waals surface area contributed by atoms with Gasteiger partial charge in [0.1, 0.15) is 5.75 Å². The van der Waals surface area contributed by atoms with Gasteiger partial charge < -0.3 is 9.47 Å². The van der Waals surface area contributed by atoms with Crippen LogP contribution in [0.2, 0.25) is 0 Å². The Morgan fingerprint density at radius 1 is 0.561 bits per heavy atom. The van der Waals surface area contributed by atoms with Gasteiger partial charge in [0, 0.05) is 16.3 Å². The largest absolute Gasteiger partial charge is 0.492 e. The molecular weight excluding hydrogens is 507 g/mol. The SMILES string of the molecule is CCCCCCCCOc1ccc2cc(C#Cc3c(OCCCCCCCC)ccc4ccccc34)ccc2c1F. The predicted molar refractivity (Wildman–Crippen MR) is 172 cm³/mol. The molecule has 0 N–H and O–H groups in total. The normalized spacial score (nSPS) is 11.0. The van der Waals surface area contributed by atoms with E-state index in [2.05, 4.69) is 43.9 Å². The fourth-order valence-corrected chi connectivity index (χ4v) is 5.23. The number of unbranched alkanes of at least 4 members (excludes halogenated alkanes) is 10. The van der Waals surface area contributed by atoms with Crippen molar-refractivity contribution in [3.8, 4) is 23.3 Å². The van der Waals surface area contributed by atoms with E-state index in [-0.39, 0.29) is 5.82 Å². The molecule has 0 saturated carbocycles. The maximum atomic E-state index is 15.2. The molecule has 0 bridgehead atoms. The first-order valence-corrected chi connectivity index (χ1v) is 15.7. The van der Waals surface area contributed by atoms with Crippen LogP contribution in [0.1, 0.15) is 102 Å². The predicted octanol–water partition coefficient (Wildman–Crippen LogP) is 11.0. The second-order valence-corrected chi connectivity index (χ2v) is 11.0. The summed E-state index contributed by atoms with van der Waals surface area (Å²) in [4.78, 5) is 0. The van der Waals surface area contributed by atoms with E-state index in [0.717, 1.165) is 52.3 Å². The van der Waals surface area contributed by atoms with E-state index in [9.17, 15) is 0 Å². The van der Waals surface area contributed by atoms with E-state index in [1.54, 1.807) is 6.07 Å². The minimum atomic E-state index is -0.299. The van der Waals surface area contributed by atoms with Crippen LogP contribution in [0.25, 0.3) is 21.5 Å². The van der Waals surface area contributed by atoms with Gasteiger partial charge in [0.2, 0.25) is 0 Å². The number of rotatable bonds is 16. The maximum Gasteiger partial charge on any atom is 0.172 e. The van der Waals surface area contributed by atoms with Crippen molar-refractivity contribution in [3.63, 3.8) is 0 Å². The summed E-state index contributed by atoms with van der Waals surface area (Å²) in [6.07, 6.45) is 14.4. The molecule has 0 spiro atoms. The zero-order valence-corrected chi connectivity index (χ0v) is 24.9. The number of halogens is 1. The Morgan fingerprint density at radius 2 is 1.17 bits per heavy atom. The molecule has 4 rings (SSSR count). The van der Waals surface area contributed by atoms with Gasteiger partial charge in [0.15, 0.2) is 11.6 Å². The minimum absolute atomic E-state index is 0.299. The van der Waals surface area contributed by atoms with E-state index in [0.29, 0.717) is 24.3 Å². The van der Waals surface area contributed by atoms with E-state index >= 15 is 4.39 Å². The smallest absolute Gasteiger partial charge is 0.172 e. The molecular formula is C38H45FO2. The molecule has 0 aliphatic carbocycles. The Morgan fingerprint density at radius 3 is 1.90 bits per heavy atom. The lowest BCUT2D eigenvalue weighted by molar-refractivity contribution is 0.291. The van der Waals surface area contributed by atoms with E-state index in [1.807, 2.05) is 42.5 Å². The van der Waals surface area contributed by atoms with Gasteiger partial charge >= 0.3 is 0 Å². The van der Waals surface area contributed by atoms with Crippen LogP contribution in [0.15, 0.2) is 66.7 Å². The molecule has 3 heteroatoms. The summed E-state index contributed by atoms with van der Waals surface area (Å²) in [5, 5.41) is 3.60. The Balaban J connectivity index is 1.46. The topological polar surface area (TPSA) is 18.5 Å². The third kappa shape index (κ3) is 8.99. The molecule has 0 aliphatic rings. The first kappa shape index (κ1) is 30.4. The second-order valence-electron chi connectivity index (χ2n) is 11.0. The van der Waals surface area contributed by atoms with Gasteiger partial charge in [0.25, 0.3) is 0 Å². The lowest BCUT2D eigenvalue weighted by Gasteiger charge is -2.11. The van der Waals surface area contributed by atoms with E-state index in [4.69, 9.17) is 9.47 Å². The Labute approximate surface area is 246 Å². The average molecular weight is 553 g/mol. The van der Waals surface area contributed by atoms with E-state index in [1.165, 1.54) is 57.8 Å². The number of ether oxygens (including phenoxy) is 2. The molecule has 0 radical (unpaired) electrons. The number of hydrogen-bond acceptors (Lipinski definition) is 2. The highest BCUT2D eigenvalue weighted by Gasteiger charge is 2.10. The Kier molecular flexibility index (Phi) is 12.4. The second kappa shape index (κ2) is 16.7. The zero-order chi connectivity index (χ0) is 28.7. The summed E-state index contributed by atoms with van der Waals surface area (Å²) < 4.78 is 27.2. The van der Waals surface area contributed by atoms with Crippen LogP contribution >= 0.6 is 0 Å². The van der Waals surface area contributed by atoms with Crippen molar-refractivity contribution in [1.29, 1.82) is 0 Å². The zero-order valence-electron chi connectivity index (χ0n) is 24.9. The summed E-state index contributed by atoms with van der Waals surface area (Å²) in [7, 11) is 0. The molecule has 0 saturated heterocycles. The molecule has 0 unspecified atom stereocenters. The molecule has 0 aliphatic heterocycles. The highest BCUT2D eigenvalue weighted by molar-refractivity contribution is 5.91. The van der Waals surface area contributed by atoms with Gasteiger partial charge in [0.05, 0.1) is 18.8 Å². The lowest BCUT2D eigenvalue weighted by Crippen LogP contribution is -2.00. The number of fused-ring (bicyclic) bond motifs is 2. The van der Waals surface area contributed by atoms with Gasteiger partial charge in [-0.1, -0.05) is 132 Å². The maximum absolute atomic E-state index is 15.2. The Hall–Kier alpha value is -3.51. The van der Waals surface area contributed by atoms with Crippen LogP contribution in [-0.2, 0) is 0 Å². The molecule has 0 aromatic heterocycles. The lowest BCUT2D eigenvalue weighted by atomic mass is 10.0. The summed E-state index contributed by atoms with van der Waals surface area (Å²) in [6, 6.07) is 21.7. The van der Waals surface area contributed by atoms with Gasteiger partial charge in [-0.3, -0.25) is 0 Å². The fraction of sp³-hybridized carbons (Fsp3) is 0.421. The quantitative estimate of drug-likeness (QED) is 0.102. The van der Waals surface area contributed by atoms with Gasteiger partial charge in [-0.2, -0.15) is 0 Å². The summed E-state index contributed by atoms with van der Waals surface area (Å²) >= 11 is 0. The molecule has 41 heavy (non-hydrogen) atoms. The minimum Gasteiger partial charge on any atom is -0.492 e. The third-order valence-electron chi connectivity index (χ3n) is 7.65. The molecule has 0 fully saturated rings. The van der Waals surface area contributed by atoms with Crippen molar-refractivity contribution in [2.75, 3.05) is 13.2 Å². The molecule has 0 heterocycles. The van der Waals surface area contributed by atoms with Crippen molar-refractivity contribution in [2.45, 2.75) is 90.9 Å². The van der Waals surface area contributed by atoms with Crippen LogP contribution < -0.4 is 9.47 Å². The highest BCUT2D eigenvalue weighted by atomic mass is 19.1. The molecule has 2 nitrogen and oxygen atoms in total. The van der Waals surface area contributed by atoms with Crippen LogP contribution in [0.3, 0.4) is 0 Å².